The molecule has 0 saturated carbocycles. The van der Waals surface area contributed by atoms with E-state index >= 15 is 0 Å². The molecule has 2 aromatic rings. The van der Waals surface area contributed by atoms with Gasteiger partial charge in [0.2, 0.25) is 17.2 Å². The van der Waals surface area contributed by atoms with Gasteiger partial charge in [-0.1, -0.05) is 0 Å². The van der Waals surface area contributed by atoms with Crippen LogP contribution in [0.3, 0.4) is 0 Å². The molecule has 10 heteroatoms. The van der Waals surface area contributed by atoms with Crippen LogP contribution in [0.15, 0.2) is 18.2 Å². The number of methoxy groups -OCH3 is 7. The van der Waals surface area contributed by atoms with Crippen LogP contribution in [0.4, 0.5) is 0 Å². The van der Waals surface area contributed by atoms with Crippen LogP contribution in [0.25, 0.3) is 11.4 Å². The van der Waals surface area contributed by atoms with E-state index in [0.29, 0.717) is 57.2 Å². The van der Waals surface area contributed by atoms with Crippen LogP contribution in [0.5, 0.6) is 40.2 Å². The summed E-state index contributed by atoms with van der Waals surface area (Å²) in [6.07, 6.45) is 0. The molecule has 1 aliphatic rings. The predicted octanol–water partition coefficient (Wildman–Crippen LogP) is 2.19. The number of benzene rings is 2. The highest BCUT2D eigenvalue weighted by molar-refractivity contribution is 5.94. The van der Waals surface area contributed by atoms with Crippen LogP contribution < -0.4 is 49.5 Å². The molecule has 0 atom stereocenters. The van der Waals surface area contributed by atoms with Crippen molar-refractivity contribution >= 4 is 11.4 Å². The first kappa shape index (κ1) is 22.0. The highest BCUT2D eigenvalue weighted by atomic mass is 16.5. The Labute approximate surface area is 180 Å². The zero-order chi connectivity index (χ0) is 22.5. The van der Waals surface area contributed by atoms with Gasteiger partial charge in [0.05, 0.1) is 66.7 Å². The minimum Gasteiger partial charge on any atom is -0.493 e. The second-order valence-corrected chi connectivity index (χ2v) is 6.27. The molecule has 0 bridgehead atoms. The number of hydrazine groups is 2. The van der Waals surface area contributed by atoms with Gasteiger partial charge in [-0.05, 0) is 18.2 Å². The molecule has 1 aliphatic heterocycles. The van der Waals surface area contributed by atoms with Crippen LogP contribution in [-0.4, -0.2) is 49.8 Å². The summed E-state index contributed by atoms with van der Waals surface area (Å²) < 4.78 is 38.6. The first-order valence-corrected chi connectivity index (χ1v) is 9.27. The van der Waals surface area contributed by atoms with Crippen LogP contribution in [0.2, 0.25) is 0 Å². The molecule has 3 N–H and O–H groups in total. The Balaban J connectivity index is 2.28. The van der Waals surface area contributed by atoms with Gasteiger partial charge in [-0.2, -0.15) is 0 Å². The average Bonchev–Trinajstić information content (AvgIpc) is 3.30. The molecule has 31 heavy (non-hydrogen) atoms. The highest BCUT2D eigenvalue weighted by Gasteiger charge is 2.28. The number of ether oxygens (including phenoxy) is 7. The van der Waals surface area contributed by atoms with Crippen LogP contribution in [-0.2, 0) is 0 Å². The van der Waals surface area contributed by atoms with E-state index in [9.17, 15) is 0 Å². The molecule has 10 nitrogen and oxygen atoms in total. The Hall–Kier alpha value is -3.66. The summed E-state index contributed by atoms with van der Waals surface area (Å²) in [5.74, 6) is 3.34. The van der Waals surface area contributed by atoms with E-state index in [0.717, 1.165) is 5.56 Å². The summed E-state index contributed by atoms with van der Waals surface area (Å²) in [6, 6.07) is 5.47. The maximum atomic E-state index is 5.67. The number of hydrogen-bond donors (Lipinski definition) is 3. The fourth-order valence-corrected chi connectivity index (χ4v) is 3.44. The van der Waals surface area contributed by atoms with Gasteiger partial charge in [-0.25, -0.2) is 0 Å². The Kier molecular flexibility index (Phi) is 6.71. The van der Waals surface area contributed by atoms with Crippen molar-refractivity contribution in [3.05, 3.63) is 29.3 Å². The van der Waals surface area contributed by atoms with Crippen LogP contribution >= 0.6 is 0 Å². The maximum absolute atomic E-state index is 5.67. The zero-order valence-corrected chi connectivity index (χ0v) is 18.6. The predicted molar refractivity (Wildman–Crippen MR) is 115 cm³/mol. The molecular formula is C21H27N3O7. The van der Waals surface area contributed by atoms with Crippen molar-refractivity contribution in [3.8, 4) is 40.2 Å². The third kappa shape index (κ3) is 3.77. The summed E-state index contributed by atoms with van der Waals surface area (Å²) in [5.41, 5.74) is 12.0. The Bertz CT molecular complexity index is 966. The number of hydrogen-bond acceptors (Lipinski definition) is 10. The standard InChI is InChI=1S/C21H27N3O7/c1-25-13-8-11(9-14(26-2)19(13)29-5)16-17(23-24-22-16)12-10-15(27-3)20(30-6)21(31-7)18(12)28-4/h8-10,22-24H,1-7H3. The van der Waals surface area contributed by atoms with Crippen molar-refractivity contribution in [2.75, 3.05) is 49.8 Å². The molecule has 0 aromatic heterocycles. The average molecular weight is 433 g/mol. The molecule has 0 saturated heterocycles. The van der Waals surface area contributed by atoms with Crippen LogP contribution in [0.1, 0.15) is 11.1 Å². The van der Waals surface area contributed by atoms with Crippen molar-refractivity contribution in [1.29, 1.82) is 0 Å². The maximum Gasteiger partial charge on any atom is 0.207 e. The SMILES string of the molecule is COc1cc(C2=C(c3cc(OC)c(OC)c(OC)c3OC)NNN2)cc(OC)c1OC. The largest absolute Gasteiger partial charge is 0.493 e. The van der Waals surface area contributed by atoms with Crippen molar-refractivity contribution in [2.45, 2.75) is 0 Å². The molecule has 0 unspecified atom stereocenters. The van der Waals surface area contributed by atoms with Gasteiger partial charge in [0, 0.05) is 5.56 Å². The molecule has 0 fully saturated rings. The lowest BCUT2D eigenvalue weighted by Crippen LogP contribution is -2.32. The molecule has 0 radical (unpaired) electrons. The molecule has 0 aliphatic carbocycles. The smallest absolute Gasteiger partial charge is 0.207 e. The van der Waals surface area contributed by atoms with Crippen molar-refractivity contribution in [3.63, 3.8) is 0 Å². The van der Waals surface area contributed by atoms with Crippen molar-refractivity contribution in [2.24, 2.45) is 0 Å². The highest BCUT2D eigenvalue weighted by Crippen LogP contribution is 2.49. The van der Waals surface area contributed by atoms with E-state index in [-0.39, 0.29) is 0 Å². The molecule has 3 rings (SSSR count). The lowest BCUT2D eigenvalue weighted by Gasteiger charge is -2.19. The van der Waals surface area contributed by atoms with E-state index in [2.05, 4.69) is 16.4 Å². The van der Waals surface area contributed by atoms with E-state index in [1.165, 1.54) is 14.2 Å². The minimum atomic E-state index is 0.407. The fraction of sp³-hybridized carbons (Fsp3) is 0.333. The second-order valence-electron chi connectivity index (χ2n) is 6.27. The molecular weight excluding hydrogens is 406 g/mol. The fourth-order valence-electron chi connectivity index (χ4n) is 3.44. The lowest BCUT2D eigenvalue weighted by molar-refractivity contribution is 0.305. The van der Waals surface area contributed by atoms with E-state index < -0.39 is 0 Å². The summed E-state index contributed by atoms with van der Waals surface area (Å²) in [7, 11) is 10.9. The third-order valence-corrected chi connectivity index (χ3v) is 4.84. The molecule has 168 valence electrons. The van der Waals surface area contributed by atoms with Gasteiger partial charge in [0.25, 0.3) is 0 Å². The number of rotatable bonds is 9. The van der Waals surface area contributed by atoms with Gasteiger partial charge in [0.1, 0.15) is 0 Å². The summed E-state index contributed by atoms with van der Waals surface area (Å²) in [4.78, 5) is 0. The third-order valence-electron chi connectivity index (χ3n) is 4.84. The normalized spacial score (nSPS) is 12.6. The van der Waals surface area contributed by atoms with Crippen molar-refractivity contribution in [1.82, 2.24) is 16.4 Å². The Morgan fingerprint density at radius 3 is 1.45 bits per heavy atom. The Morgan fingerprint density at radius 1 is 0.484 bits per heavy atom. The molecule has 1 heterocycles. The summed E-state index contributed by atoms with van der Waals surface area (Å²) in [5, 5.41) is 0. The molecule has 2 aromatic carbocycles. The lowest BCUT2D eigenvalue weighted by atomic mass is 10.0. The topological polar surface area (TPSA) is 101 Å². The first-order chi connectivity index (χ1) is 15.1. The minimum absolute atomic E-state index is 0.407. The van der Waals surface area contributed by atoms with E-state index in [4.69, 9.17) is 33.2 Å². The second kappa shape index (κ2) is 9.43. The van der Waals surface area contributed by atoms with Gasteiger partial charge >= 0.3 is 0 Å². The zero-order valence-electron chi connectivity index (χ0n) is 18.6. The van der Waals surface area contributed by atoms with Crippen molar-refractivity contribution < 1.29 is 33.2 Å². The molecule has 0 spiro atoms. The Morgan fingerprint density at radius 2 is 0.968 bits per heavy atom. The first-order valence-electron chi connectivity index (χ1n) is 9.27. The summed E-state index contributed by atoms with van der Waals surface area (Å²) >= 11 is 0. The van der Waals surface area contributed by atoms with Gasteiger partial charge in [0.15, 0.2) is 23.0 Å². The van der Waals surface area contributed by atoms with Crippen LogP contribution in [0, 0.1) is 0 Å². The summed E-state index contributed by atoms with van der Waals surface area (Å²) in [6.45, 7) is 0. The number of nitrogens with one attached hydrogen (secondary N) is 3. The monoisotopic (exact) mass is 433 g/mol. The van der Waals surface area contributed by atoms with E-state index in [1.54, 1.807) is 41.6 Å². The quantitative estimate of drug-likeness (QED) is 0.546. The van der Waals surface area contributed by atoms with Gasteiger partial charge in [-0.3, -0.25) is 0 Å². The van der Waals surface area contributed by atoms with Gasteiger partial charge in [-0.15, -0.1) is 5.53 Å². The van der Waals surface area contributed by atoms with E-state index in [1.807, 2.05) is 12.1 Å². The molecule has 0 amide bonds. The van der Waals surface area contributed by atoms with Gasteiger partial charge < -0.3 is 44.0 Å².